The Bertz CT molecular complexity index is 162. The lowest BCUT2D eigenvalue weighted by molar-refractivity contribution is 0.359. The van der Waals surface area contributed by atoms with Crippen molar-refractivity contribution in [3.8, 4) is 0 Å². The molecule has 1 heterocycles. The van der Waals surface area contributed by atoms with E-state index in [4.69, 9.17) is 5.11 Å². The molecule has 49 valence electrons. The molecule has 1 aliphatic heterocycles. The summed E-state index contributed by atoms with van der Waals surface area (Å²) >= 11 is 0. The Labute approximate surface area is 52.9 Å². The average molecular weight is 127 g/mol. The van der Waals surface area contributed by atoms with Crippen molar-refractivity contribution in [3.05, 3.63) is 18.5 Å². The zero-order chi connectivity index (χ0) is 6.69. The van der Waals surface area contributed by atoms with E-state index >= 15 is 0 Å². The van der Waals surface area contributed by atoms with Crippen LogP contribution in [0.1, 0.15) is 0 Å². The average Bonchev–Trinajstić information content (AvgIpc) is 1.88. The third-order valence-electron chi connectivity index (χ3n) is 0.849. The Morgan fingerprint density at radius 1 is 1.78 bits per heavy atom. The van der Waals surface area contributed by atoms with Crippen LogP contribution >= 0.6 is 0 Å². The lowest BCUT2D eigenvalue weighted by atomic mass is 10.5. The number of methoxy groups -OCH3 is 1. The van der Waals surface area contributed by atoms with Crippen LogP contribution in [-0.4, -0.2) is 18.2 Å². The second-order valence-electron chi connectivity index (χ2n) is 1.46. The van der Waals surface area contributed by atoms with Crippen LogP contribution in [0.2, 0.25) is 0 Å². The van der Waals surface area contributed by atoms with Gasteiger partial charge in [0.1, 0.15) is 0 Å². The van der Waals surface area contributed by atoms with Gasteiger partial charge in [0, 0.05) is 6.08 Å². The summed E-state index contributed by atoms with van der Waals surface area (Å²) in [5.74, 6) is -0.0504. The first-order chi connectivity index (χ1) is 4.33. The molecule has 2 N–H and O–H groups in total. The summed E-state index contributed by atoms with van der Waals surface area (Å²) in [4.78, 5) is 3.57. The topological polar surface area (TPSA) is 53.9 Å². The normalized spacial score (nSPS) is 17.4. The van der Waals surface area contributed by atoms with E-state index in [1.54, 1.807) is 6.54 Å². The van der Waals surface area contributed by atoms with Gasteiger partial charge in [0.15, 0.2) is 0 Å². The van der Waals surface area contributed by atoms with Crippen molar-refractivity contribution in [2.75, 3.05) is 7.11 Å². The minimum Gasteiger partial charge on any atom is -0.493 e. The second kappa shape index (κ2) is 2.39. The third kappa shape index (κ3) is 1.35. The van der Waals surface area contributed by atoms with Crippen molar-refractivity contribution in [1.29, 1.82) is 0 Å². The van der Waals surface area contributed by atoms with E-state index < -0.39 is 0 Å². The molecule has 0 saturated heterocycles. The zero-order valence-electron chi connectivity index (χ0n) is 4.96. The van der Waals surface area contributed by atoms with E-state index in [1.165, 1.54) is 13.2 Å². The molecule has 9 heavy (non-hydrogen) atoms. The number of aliphatic hydroxyl groups is 1. The summed E-state index contributed by atoms with van der Waals surface area (Å²) < 4.78 is 4.67. The van der Waals surface area contributed by atoms with Crippen molar-refractivity contribution < 1.29 is 9.84 Å². The highest BCUT2D eigenvalue weighted by molar-refractivity contribution is 5.76. The highest BCUT2D eigenvalue weighted by Crippen LogP contribution is 1.97. The molecule has 0 spiro atoms. The minimum atomic E-state index is -0.0504. The number of nitrogens with zero attached hydrogens (tertiary/aromatic N) is 1. The van der Waals surface area contributed by atoms with Crippen LogP contribution in [0.4, 0.5) is 0 Å². The van der Waals surface area contributed by atoms with Crippen LogP contribution in [0.3, 0.4) is 0 Å². The Morgan fingerprint density at radius 2 is 2.56 bits per heavy atom. The summed E-state index contributed by atoms with van der Waals surface area (Å²) in [5.41, 5.74) is 0. The van der Waals surface area contributed by atoms with Crippen molar-refractivity contribution in [2.45, 2.75) is 0 Å². The van der Waals surface area contributed by atoms with E-state index in [0.29, 0.717) is 6.02 Å². The van der Waals surface area contributed by atoms with Gasteiger partial charge in [-0.05, 0) is 0 Å². The highest BCUT2D eigenvalue weighted by Gasteiger charge is 2.02. The predicted molar refractivity (Wildman–Crippen MR) is 32.6 cm³/mol. The van der Waals surface area contributed by atoms with Gasteiger partial charge >= 0.3 is 0 Å². The van der Waals surface area contributed by atoms with Crippen molar-refractivity contribution >= 4 is 6.02 Å². The fraction of sp³-hybridized carbons (Fsp3) is 0.200. The number of aliphatic hydroxyl groups excluding tert-OH is 1. The predicted octanol–water partition coefficient (Wildman–Crippen LogP) is 0.153. The number of amidine groups is 1. The first-order valence-corrected chi connectivity index (χ1v) is 2.44. The van der Waals surface area contributed by atoms with E-state index in [-0.39, 0.29) is 5.88 Å². The number of hydrogen-bond donors (Lipinski definition) is 2. The Kier molecular flexibility index (Phi) is 1.58. The van der Waals surface area contributed by atoms with Gasteiger partial charge in [-0.1, -0.05) is 0 Å². The number of hydrogen-bond acceptors (Lipinski definition) is 4. The van der Waals surface area contributed by atoms with Gasteiger partial charge in [0.2, 0.25) is 5.88 Å². The molecule has 0 bridgehead atoms. The third-order valence-corrected chi connectivity index (χ3v) is 0.849. The van der Waals surface area contributed by atoms with Gasteiger partial charge in [-0.25, -0.2) is 0 Å². The van der Waals surface area contributed by atoms with Crippen LogP contribution in [-0.2, 0) is 4.74 Å². The van der Waals surface area contributed by atoms with Crippen LogP contribution < -0.4 is 5.32 Å². The quantitative estimate of drug-likeness (QED) is 0.487. The summed E-state index contributed by atoms with van der Waals surface area (Å²) in [7, 11) is 1.47. The molecule has 0 aromatic carbocycles. The largest absolute Gasteiger partial charge is 0.493 e. The van der Waals surface area contributed by atoms with E-state index in [2.05, 4.69) is 15.0 Å². The van der Waals surface area contributed by atoms with E-state index in [1.807, 2.05) is 0 Å². The summed E-state index contributed by atoms with van der Waals surface area (Å²) in [6, 6.07) is 0.301. The SMILES string of the molecule is COC1=NC(O)=C[CH]N1. The lowest BCUT2D eigenvalue weighted by Crippen LogP contribution is -2.24. The molecule has 0 unspecified atom stereocenters. The zero-order valence-corrected chi connectivity index (χ0v) is 4.96. The van der Waals surface area contributed by atoms with E-state index in [9.17, 15) is 0 Å². The lowest BCUT2D eigenvalue weighted by Gasteiger charge is -2.08. The monoisotopic (exact) mass is 127 g/mol. The Balaban J connectivity index is 2.63. The molecule has 0 aliphatic carbocycles. The van der Waals surface area contributed by atoms with Crippen molar-refractivity contribution in [1.82, 2.24) is 5.32 Å². The molecular weight excluding hydrogens is 120 g/mol. The minimum absolute atomic E-state index is 0.0504. The van der Waals surface area contributed by atoms with Crippen molar-refractivity contribution in [3.63, 3.8) is 0 Å². The molecule has 0 atom stereocenters. The standard InChI is InChI=1S/C5H7N2O2/c1-9-5-6-3-2-4(8)7-5/h2-3,8H,1H3,(H,6,7). The van der Waals surface area contributed by atoms with Gasteiger partial charge in [0.25, 0.3) is 6.02 Å². The maximum absolute atomic E-state index is 8.73. The first kappa shape index (κ1) is 5.94. The number of rotatable bonds is 0. The van der Waals surface area contributed by atoms with Crippen LogP contribution in [0.15, 0.2) is 17.0 Å². The van der Waals surface area contributed by atoms with Gasteiger partial charge in [0.05, 0.1) is 13.7 Å². The molecule has 0 fully saturated rings. The van der Waals surface area contributed by atoms with Gasteiger partial charge in [-0.3, -0.25) is 0 Å². The van der Waals surface area contributed by atoms with Crippen LogP contribution in [0, 0.1) is 6.54 Å². The Morgan fingerprint density at radius 3 is 3.00 bits per heavy atom. The molecule has 0 amide bonds. The molecule has 0 aromatic rings. The van der Waals surface area contributed by atoms with Crippen molar-refractivity contribution in [2.24, 2.45) is 4.99 Å². The molecule has 1 rings (SSSR count). The van der Waals surface area contributed by atoms with Gasteiger partial charge in [-0.2, -0.15) is 4.99 Å². The fourth-order valence-corrected chi connectivity index (χ4v) is 0.466. The molecule has 1 radical (unpaired) electrons. The molecule has 4 nitrogen and oxygen atoms in total. The summed E-state index contributed by atoms with van der Waals surface area (Å²) in [6.45, 7) is 1.54. The molecule has 0 aromatic heterocycles. The molecule has 4 heteroatoms. The van der Waals surface area contributed by atoms with E-state index in [0.717, 1.165) is 0 Å². The first-order valence-electron chi connectivity index (χ1n) is 2.44. The molecule has 0 saturated carbocycles. The second-order valence-corrected chi connectivity index (χ2v) is 1.46. The van der Waals surface area contributed by atoms with Crippen LogP contribution in [0.25, 0.3) is 0 Å². The van der Waals surface area contributed by atoms with Crippen LogP contribution in [0.5, 0.6) is 0 Å². The Hall–Kier alpha value is -1.19. The number of ether oxygens (including phenoxy) is 1. The fourth-order valence-electron chi connectivity index (χ4n) is 0.466. The molecular formula is C5H7N2O2. The smallest absolute Gasteiger partial charge is 0.292 e. The van der Waals surface area contributed by atoms with Gasteiger partial charge < -0.3 is 15.2 Å². The molecule has 1 aliphatic rings. The highest BCUT2D eigenvalue weighted by atomic mass is 16.5. The maximum Gasteiger partial charge on any atom is 0.292 e. The summed E-state index contributed by atoms with van der Waals surface area (Å²) in [5, 5.41) is 11.4. The maximum atomic E-state index is 8.73. The summed E-state index contributed by atoms with van der Waals surface area (Å²) in [6.07, 6.45) is 1.43. The van der Waals surface area contributed by atoms with Gasteiger partial charge in [-0.15, -0.1) is 0 Å². The number of nitrogens with one attached hydrogen (secondary N) is 1. The number of aliphatic imine (C=N–C) groups is 1.